The summed E-state index contributed by atoms with van der Waals surface area (Å²) in [6.45, 7) is 1.07. The summed E-state index contributed by atoms with van der Waals surface area (Å²) in [4.78, 5) is -0.661. The topological polar surface area (TPSA) is 106 Å². The highest BCUT2D eigenvalue weighted by Crippen LogP contribution is 2.36. The third-order valence-electron chi connectivity index (χ3n) is 3.88. The number of sulfonamides is 1. The maximum Gasteiger partial charge on any atom is 0.240 e. The highest BCUT2D eigenvalue weighted by Gasteiger charge is 2.22. The standard InChI is InChI=1S/C17H14F2N2O4S/c1-9-2-3-11(7-12(9)18)17-16(14(8-22)25-21-17)10-4-5-15(13(19)6-10)26(20,23)24/h2-7,22H,8H2,1H3,(H2,20,23,24). The smallest absolute Gasteiger partial charge is 0.240 e. The van der Waals surface area contributed by atoms with Crippen LogP contribution in [0.4, 0.5) is 8.78 Å². The molecule has 0 radical (unpaired) electrons. The zero-order chi connectivity index (χ0) is 19.1. The number of hydrogen-bond acceptors (Lipinski definition) is 5. The first-order valence-electron chi connectivity index (χ1n) is 7.41. The number of benzene rings is 2. The Bertz CT molecular complexity index is 1090. The highest BCUT2D eigenvalue weighted by molar-refractivity contribution is 7.89. The van der Waals surface area contributed by atoms with Crippen molar-refractivity contribution in [3.05, 3.63) is 59.4 Å². The quantitative estimate of drug-likeness (QED) is 0.724. The van der Waals surface area contributed by atoms with Crippen molar-refractivity contribution >= 4 is 10.0 Å². The molecule has 3 rings (SSSR count). The Morgan fingerprint density at radius 2 is 1.77 bits per heavy atom. The van der Waals surface area contributed by atoms with Crippen LogP contribution < -0.4 is 5.14 Å². The van der Waals surface area contributed by atoms with Crippen LogP contribution in [0.2, 0.25) is 0 Å². The summed E-state index contributed by atoms with van der Waals surface area (Å²) < 4.78 is 55.9. The van der Waals surface area contributed by atoms with Crippen LogP contribution in [0, 0.1) is 18.6 Å². The first-order valence-corrected chi connectivity index (χ1v) is 8.95. The lowest BCUT2D eigenvalue weighted by Gasteiger charge is -2.07. The molecule has 1 heterocycles. The van der Waals surface area contributed by atoms with Gasteiger partial charge in [0.05, 0.1) is 5.56 Å². The van der Waals surface area contributed by atoms with E-state index in [1.54, 1.807) is 19.1 Å². The van der Waals surface area contributed by atoms with Gasteiger partial charge in [0.1, 0.15) is 28.8 Å². The molecule has 0 unspecified atom stereocenters. The Morgan fingerprint density at radius 1 is 1.12 bits per heavy atom. The molecule has 0 aliphatic heterocycles. The largest absolute Gasteiger partial charge is 0.388 e. The van der Waals surface area contributed by atoms with Crippen LogP contribution in [0.15, 0.2) is 45.8 Å². The average Bonchev–Trinajstić information content (AvgIpc) is 3.00. The number of primary sulfonamides is 1. The second kappa shape index (κ2) is 6.60. The van der Waals surface area contributed by atoms with E-state index in [4.69, 9.17) is 9.66 Å². The van der Waals surface area contributed by atoms with Gasteiger partial charge in [-0.05, 0) is 36.2 Å². The van der Waals surface area contributed by atoms with Gasteiger partial charge in [0, 0.05) is 5.56 Å². The van der Waals surface area contributed by atoms with E-state index in [0.29, 0.717) is 11.1 Å². The van der Waals surface area contributed by atoms with E-state index in [1.807, 2.05) is 0 Å². The van der Waals surface area contributed by atoms with Crippen LogP contribution in [-0.2, 0) is 16.6 Å². The van der Waals surface area contributed by atoms with Crippen LogP contribution >= 0.6 is 0 Å². The predicted molar refractivity (Wildman–Crippen MR) is 89.3 cm³/mol. The molecule has 2 aromatic carbocycles. The lowest BCUT2D eigenvalue weighted by molar-refractivity contribution is 0.230. The van der Waals surface area contributed by atoms with Crippen LogP contribution in [0.25, 0.3) is 22.4 Å². The molecule has 3 aromatic rings. The summed E-state index contributed by atoms with van der Waals surface area (Å²) in [6.07, 6.45) is 0. The lowest BCUT2D eigenvalue weighted by atomic mass is 9.98. The number of aromatic nitrogens is 1. The summed E-state index contributed by atoms with van der Waals surface area (Å²) in [5, 5.41) is 18.3. The summed E-state index contributed by atoms with van der Waals surface area (Å²) in [6, 6.07) is 7.66. The van der Waals surface area contributed by atoms with Gasteiger partial charge in [0.2, 0.25) is 10.0 Å². The third kappa shape index (κ3) is 3.24. The van der Waals surface area contributed by atoms with Crippen LogP contribution in [0.3, 0.4) is 0 Å². The minimum atomic E-state index is -4.22. The van der Waals surface area contributed by atoms with Crippen molar-refractivity contribution < 1.29 is 26.8 Å². The molecule has 0 aliphatic carbocycles. The second-order valence-electron chi connectivity index (χ2n) is 5.64. The first-order chi connectivity index (χ1) is 12.2. The molecule has 1 aromatic heterocycles. The van der Waals surface area contributed by atoms with Crippen molar-refractivity contribution in [3.8, 4) is 22.4 Å². The fourth-order valence-corrected chi connectivity index (χ4v) is 3.14. The van der Waals surface area contributed by atoms with Crippen molar-refractivity contribution in [3.63, 3.8) is 0 Å². The molecule has 26 heavy (non-hydrogen) atoms. The lowest BCUT2D eigenvalue weighted by Crippen LogP contribution is -2.14. The Kier molecular flexibility index (Phi) is 4.61. The molecular formula is C17H14F2N2O4S. The molecule has 0 saturated heterocycles. The van der Waals surface area contributed by atoms with Crippen LogP contribution in [0.1, 0.15) is 11.3 Å². The van der Waals surface area contributed by atoms with Crippen molar-refractivity contribution in [2.75, 3.05) is 0 Å². The number of aliphatic hydroxyl groups excluding tert-OH is 1. The van der Waals surface area contributed by atoms with Gasteiger partial charge >= 0.3 is 0 Å². The highest BCUT2D eigenvalue weighted by atomic mass is 32.2. The normalized spacial score (nSPS) is 11.7. The van der Waals surface area contributed by atoms with E-state index in [2.05, 4.69) is 5.16 Å². The first kappa shape index (κ1) is 18.2. The number of aliphatic hydroxyl groups is 1. The van der Waals surface area contributed by atoms with E-state index in [1.165, 1.54) is 12.1 Å². The maximum atomic E-state index is 14.2. The number of nitrogens with zero attached hydrogens (tertiary/aromatic N) is 1. The zero-order valence-corrected chi connectivity index (χ0v) is 14.3. The van der Waals surface area contributed by atoms with Gasteiger partial charge in [-0.15, -0.1) is 0 Å². The summed E-state index contributed by atoms with van der Waals surface area (Å²) in [5.74, 6) is -1.49. The predicted octanol–water partition coefficient (Wildman–Crippen LogP) is 2.73. The van der Waals surface area contributed by atoms with Gasteiger partial charge < -0.3 is 9.63 Å². The Labute approximate surface area is 147 Å². The fourth-order valence-electron chi connectivity index (χ4n) is 2.55. The van der Waals surface area contributed by atoms with E-state index in [9.17, 15) is 22.3 Å². The van der Waals surface area contributed by atoms with Crippen molar-refractivity contribution in [2.24, 2.45) is 5.14 Å². The van der Waals surface area contributed by atoms with Crippen LogP contribution in [0.5, 0.6) is 0 Å². The molecule has 0 aliphatic rings. The average molecular weight is 380 g/mol. The molecule has 0 saturated carbocycles. The molecule has 0 atom stereocenters. The van der Waals surface area contributed by atoms with Gasteiger partial charge in [0.15, 0.2) is 5.76 Å². The third-order valence-corrected chi connectivity index (χ3v) is 4.82. The van der Waals surface area contributed by atoms with Gasteiger partial charge in [-0.2, -0.15) is 0 Å². The Hall–Kier alpha value is -2.62. The van der Waals surface area contributed by atoms with Gasteiger partial charge in [-0.3, -0.25) is 0 Å². The SMILES string of the molecule is Cc1ccc(-c2noc(CO)c2-c2ccc(S(N)(=O)=O)c(F)c2)cc1F. The minimum absolute atomic E-state index is 0.0312. The number of nitrogens with two attached hydrogens (primary N) is 1. The molecule has 6 nitrogen and oxygen atoms in total. The Balaban J connectivity index is 2.20. The zero-order valence-electron chi connectivity index (χ0n) is 13.5. The van der Waals surface area contributed by atoms with Crippen molar-refractivity contribution in [1.29, 1.82) is 0 Å². The summed E-state index contributed by atoms with van der Waals surface area (Å²) in [5.41, 5.74) is 1.43. The maximum absolute atomic E-state index is 14.2. The number of rotatable bonds is 4. The molecule has 3 N–H and O–H groups in total. The van der Waals surface area contributed by atoms with E-state index >= 15 is 0 Å². The monoisotopic (exact) mass is 380 g/mol. The second-order valence-corrected chi connectivity index (χ2v) is 7.17. The summed E-state index contributed by atoms with van der Waals surface area (Å²) in [7, 11) is -4.22. The molecule has 0 amide bonds. The molecular weight excluding hydrogens is 366 g/mol. The van der Waals surface area contributed by atoms with E-state index in [0.717, 1.165) is 12.1 Å². The van der Waals surface area contributed by atoms with Gasteiger partial charge in [-0.25, -0.2) is 22.3 Å². The fraction of sp³-hybridized carbons (Fsp3) is 0.118. The number of hydrogen-bond donors (Lipinski definition) is 2. The molecule has 0 spiro atoms. The molecule has 136 valence electrons. The van der Waals surface area contributed by atoms with Crippen molar-refractivity contribution in [1.82, 2.24) is 5.16 Å². The minimum Gasteiger partial charge on any atom is -0.388 e. The molecule has 0 bridgehead atoms. The number of halogens is 2. The Morgan fingerprint density at radius 3 is 2.35 bits per heavy atom. The van der Waals surface area contributed by atoms with E-state index < -0.39 is 33.2 Å². The number of aryl methyl sites for hydroxylation is 1. The molecule has 9 heteroatoms. The van der Waals surface area contributed by atoms with E-state index in [-0.39, 0.29) is 22.6 Å². The van der Waals surface area contributed by atoms with Crippen LogP contribution in [-0.4, -0.2) is 18.7 Å². The molecule has 0 fully saturated rings. The summed E-state index contributed by atoms with van der Waals surface area (Å²) >= 11 is 0. The van der Waals surface area contributed by atoms with Gasteiger partial charge in [-0.1, -0.05) is 23.4 Å². The van der Waals surface area contributed by atoms with Gasteiger partial charge in [0.25, 0.3) is 0 Å². The van der Waals surface area contributed by atoms with Crippen molar-refractivity contribution in [2.45, 2.75) is 18.4 Å².